The van der Waals surface area contributed by atoms with Crippen LogP contribution >= 0.6 is 11.8 Å². The predicted octanol–water partition coefficient (Wildman–Crippen LogP) is 4.94. The minimum Gasteiger partial charge on any atom is -0.497 e. The van der Waals surface area contributed by atoms with Crippen LogP contribution in [-0.2, 0) is 23.9 Å². The van der Waals surface area contributed by atoms with Gasteiger partial charge in [0.2, 0.25) is 5.78 Å². The summed E-state index contributed by atoms with van der Waals surface area (Å²) in [6.45, 7) is 8.25. The SMILES string of the molecule is C=CC(C1=CC(=O)C(OC)=CC1=O)c1ccc(OC)cc1.CC(CN(C)C)CN1c2ccccc2Sc2ccccc21.O=C(O)C(O)C(O)C(=O)O. The van der Waals surface area contributed by atoms with E-state index in [9.17, 15) is 19.2 Å². The Hall–Kier alpha value is -5.21. The van der Waals surface area contributed by atoms with E-state index in [0.29, 0.717) is 11.5 Å². The fraction of sp³-hybridized carbons (Fsp3) is 0.282. The van der Waals surface area contributed by atoms with Crippen molar-refractivity contribution >= 4 is 46.6 Å². The lowest BCUT2D eigenvalue weighted by atomic mass is 9.85. The molecule has 4 N–H and O–H groups in total. The van der Waals surface area contributed by atoms with E-state index in [1.807, 2.05) is 23.9 Å². The zero-order valence-electron chi connectivity index (χ0n) is 29.6. The van der Waals surface area contributed by atoms with E-state index in [-0.39, 0.29) is 23.2 Å². The number of carbonyl (C=O) groups excluding carboxylic acids is 2. The zero-order valence-corrected chi connectivity index (χ0v) is 30.4. The van der Waals surface area contributed by atoms with E-state index in [0.717, 1.165) is 24.4 Å². The number of para-hydroxylation sites is 2. The summed E-state index contributed by atoms with van der Waals surface area (Å²) < 4.78 is 9.98. The van der Waals surface area contributed by atoms with Crippen LogP contribution in [0.5, 0.6) is 5.75 Å². The molecule has 0 radical (unpaired) electrons. The molecule has 0 aromatic heterocycles. The van der Waals surface area contributed by atoms with Crippen LogP contribution in [0.1, 0.15) is 18.4 Å². The molecule has 1 aliphatic heterocycles. The first kappa shape index (κ1) is 41.2. The number of hydrogen-bond donors (Lipinski definition) is 4. The molecule has 52 heavy (non-hydrogen) atoms. The van der Waals surface area contributed by atoms with Gasteiger partial charge in [-0.2, -0.15) is 0 Å². The molecule has 5 rings (SSSR count). The standard InChI is InChI=1S/C18H22N2S.C17H16O4.C4H6O6/c1-14(12-19(2)3)13-20-15-8-4-6-10-17(15)21-18-11-7-5-9-16(18)20;1-4-13(11-5-7-12(20-2)8-6-11)14-9-16(19)17(21-3)10-15(14)18;5-1(3(7)8)2(6)4(9)10/h4-11,14H,12-13H2,1-3H3;4-10,13H,1H2,2-3H3;1-2,5-6H,(H,7,8)(H,9,10). The van der Waals surface area contributed by atoms with Crippen LogP contribution in [-0.4, -0.2) is 102 Å². The predicted molar refractivity (Wildman–Crippen MR) is 198 cm³/mol. The molecule has 4 atom stereocenters. The summed E-state index contributed by atoms with van der Waals surface area (Å²) >= 11 is 1.88. The minimum absolute atomic E-state index is 0.0568. The highest BCUT2D eigenvalue weighted by Crippen LogP contribution is 2.48. The molecule has 13 heteroatoms. The number of ether oxygens (including phenoxy) is 2. The smallest absolute Gasteiger partial charge is 0.335 e. The Bertz CT molecular complexity index is 1740. The number of aliphatic hydroxyl groups is 2. The largest absolute Gasteiger partial charge is 0.497 e. The van der Waals surface area contributed by atoms with Crippen molar-refractivity contribution in [3.8, 4) is 5.75 Å². The lowest BCUT2D eigenvalue weighted by Gasteiger charge is -2.35. The number of fused-ring (bicyclic) bond motifs is 2. The molecule has 0 saturated carbocycles. The van der Waals surface area contributed by atoms with Gasteiger partial charge in [0.05, 0.1) is 25.6 Å². The number of allylic oxidation sites excluding steroid dienone is 4. The van der Waals surface area contributed by atoms with E-state index in [1.165, 1.54) is 40.4 Å². The number of carboxylic acid groups (broad SMARTS) is 2. The molecule has 12 nitrogen and oxygen atoms in total. The van der Waals surface area contributed by atoms with Crippen molar-refractivity contribution in [2.45, 2.75) is 34.8 Å². The Labute approximate surface area is 307 Å². The topological polar surface area (TPSA) is 174 Å². The van der Waals surface area contributed by atoms with Gasteiger partial charge < -0.3 is 39.7 Å². The Kier molecular flexibility index (Phi) is 15.4. The molecule has 1 aliphatic carbocycles. The number of aliphatic hydroxyl groups excluding tert-OH is 2. The number of hydrogen-bond acceptors (Lipinski definition) is 11. The van der Waals surface area contributed by atoms with Gasteiger partial charge in [0.1, 0.15) is 5.75 Å². The van der Waals surface area contributed by atoms with Gasteiger partial charge in [-0.3, -0.25) is 9.59 Å². The number of ketones is 2. The van der Waals surface area contributed by atoms with Crippen LogP contribution < -0.4 is 9.64 Å². The number of carboxylic acids is 2. The van der Waals surface area contributed by atoms with Crippen LogP contribution in [0.25, 0.3) is 0 Å². The molecule has 2 aliphatic rings. The third-order valence-electron chi connectivity index (χ3n) is 7.85. The maximum absolute atomic E-state index is 12.2. The lowest BCUT2D eigenvalue weighted by Crippen LogP contribution is -2.39. The molecule has 3 aromatic rings. The van der Waals surface area contributed by atoms with Crippen LogP contribution in [0.2, 0.25) is 0 Å². The monoisotopic (exact) mass is 732 g/mol. The first-order chi connectivity index (χ1) is 24.7. The van der Waals surface area contributed by atoms with Crippen LogP contribution in [0, 0.1) is 5.92 Å². The van der Waals surface area contributed by atoms with Gasteiger partial charge in [0.15, 0.2) is 23.8 Å². The van der Waals surface area contributed by atoms with E-state index < -0.39 is 24.1 Å². The average Bonchev–Trinajstić information content (AvgIpc) is 3.12. The third-order valence-corrected chi connectivity index (χ3v) is 8.98. The van der Waals surface area contributed by atoms with Crippen molar-refractivity contribution in [2.24, 2.45) is 5.92 Å². The molecule has 1 heterocycles. The van der Waals surface area contributed by atoms with Gasteiger partial charge in [-0.05, 0) is 68.1 Å². The molecule has 0 saturated heterocycles. The minimum atomic E-state index is -2.27. The lowest BCUT2D eigenvalue weighted by molar-refractivity contribution is -0.165. The summed E-state index contributed by atoms with van der Waals surface area (Å²) in [6.07, 6.45) is -0.352. The van der Waals surface area contributed by atoms with Gasteiger partial charge >= 0.3 is 11.9 Å². The second-order valence-electron chi connectivity index (χ2n) is 12.1. The summed E-state index contributed by atoms with van der Waals surface area (Å²) in [6, 6.07) is 24.7. The highest BCUT2D eigenvalue weighted by molar-refractivity contribution is 7.99. The molecular weight excluding hydrogens is 689 g/mol. The average molecular weight is 733 g/mol. The summed E-state index contributed by atoms with van der Waals surface area (Å²) in [5, 5.41) is 32.5. The van der Waals surface area contributed by atoms with Gasteiger partial charge in [0.25, 0.3) is 0 Å². The summed E-state index contributed by atoms with van der Waals surface area (Å²) in [4.78, 5) is 51.0. The second kappa shape index (κ2) is 19.4. The number of nitrogens with zero attached hydrogens (tertiary/aromatic N) is 2. The molecule has 4 unspecified atom stereocenters. The molecule has 0 amide bonds. The number of aliphatic carboxylic acids is 2. The Balaban J connectivity index is 0.000000225. The van der Waals surface area contributed by atoms with E-state index in [1.54, 1.807) is 25.3 Å². The van der Waals surface area contributed by atoms with E-state index in [4.69, 9.17) is 29.9 Å². The maximum atomic E-state index is 12.2. The molecule has 276 valence electrons. The van der Waals surface area contributed by atoms with E-state index >= 15 is 0 Å². The number of methoxy groups -OCH3 is 2. The first-order valence-corrected chi connectivity index (χ1v) is 17.0. The summed E-state index contributed by atoms with van der Waals surface area (Å²) in [5.74, 6) is -3.04. The normalized spacial score (nSPS) is 15.4. The number of anilines is 2. The Morgan fingerprint density at radius 3 is 1.79 bits per heavy atom. The number of carbonyl (C=O) groups is 4. The molecular formula is C39H44N2O10S. The van der Waals surface area contributed by atoms with Crippen LogP contribution in [0.3, 0.4) is 0 Å². The molecule has 0 spiro atoms. The van der Waals surface area contributed by atoms with Crippen molar-refractivity contribution < 1.29 is 49.1 Å². The third kappa shape index (κ3) is 10.9. The van der Waals surface area contributed by atoms with Crippen molar-refractivity contribution in [3.63, 3.8) is 0 Å². The molecule has 0 fully saturated rings. The van der Waals surface area contributed by atoms with Gasteiger partial charge in [-0.25, -0.2) is 9.59 Å². The highest BCUT2D eigenvalue weighted by atomic mass is 32.2. The van der Waals surface area contributed by atoms with Crippen molar-refractivity contribution in [2.75, 3.05) is 46.3 Å². The summed E-state index contributed by atoms with van der Waals surface area (Å²) in [7, 11) is 7.24. The van der Waals surface area contributed by atoms with Crippen LogP contribution in [0.4, 0.5) is 11.4 Å². The van der Waals surface area contributed by atoms with Crippen LogP contribution in [0.15, 0.2) is 119 Å². The highest BCUT2D eigenvalue weighted by Gasteiger charge is 2.30. The van der Waals surface area contributed by atoms with Crippen molar-refractivity contribution in [1.29, 1.82) is 0 Å². The fourth-order valence-electron chi connectivity index (χ4n) is 5.45. The van der Waals surface area contributed by atoms with E-state index in [2.05, 4.69) is 85.9 Å². The quantitative estimate of drug-likeness (QED) is 0.146. The molecule has 3 aromatic carbocycles. The van der Waals surface area contributed by atoms with Gasteiger partial charge in [-0.15, -0.1) is 6.58 Å². The zero-order chi connectivity index (χ0) is 38.5. The number of rotatable bonds is 12. The first-order valence-electron chi connectivity index (χ1n) is 16.1. The second-order valence-corrected chi connectivity index (χ2v) is 13.2. The van der Waals surface area contributed by atoms with Gasteiger partial charge in [0, 0.05) is 40.4 Å². The Morgan fingerprint density at radius 1 is 0.827 bits per heavy atom. The van der Waals surface area contributed by atoms with Gasteiger partial charge in [-0.1, -0.05) is 61.2 Å². The molecule has 0 bridgehead atoms. The van der Waals surface area contributed by atoms with Crippen molar-refractivity contribution in [3.05, 3.63) is 114 Å². The maximum Gasteiger partial charge on any atom is 0.335 e. The number of benzene rings is 3. The van der Waals surface area contributed by atoms with Crippen molar-refractivity contribution in [1.82, 2.24) is 4.90 Å². The Morgan fingerprint density at radius 2 is 1.35 bits per heavy atom. The fourth-order valence-corrected chi connectivity index (χ4v) is 6.55. The summed E-state index contributed by atoms with van der Waals surface area (Å²) in [5.41, 5.74) is 3.94.